The van der Waals surface area contributed by atoms with Crippen LogP contribution in [0.15, 0.2) is 0 Å². The lowest BCUT2D eigenvalue weighted by molar-refractivity contribution is -0.126. The van der Waals surface area contributed by atoms with Crippen LogP contribution in [-0.2, 0) is 4.79 Å². The van der Waals surface area contributed by atoms with E-state index in [2.05, 4.69) is 11.4 Å². The van der Waals surface area contributed by atoms with Gasteiger partial charge < -0.3 is 5.32 Å². The van der Waals surface area contributed by atoms with Crippen molar-refractivity contribution in [2.75, 3.05) is 6.54 Å². The highest BCUT2D eigenvalue weighted by Gasteiger charge is 2.23. The van der Waals surface area contributed by atoms with Gasteiger partial charge in [0, 0.05) is 12.1 Å². The van der Waals surface area contributed by atoms with Crippen LogP contribution >= 0.6 is 0 Å². The van der Waals surface area contributed by atoms with Crippen molar-refractivity contribution in [2.24, 2.45) is 0 Å². The number of hydrogen-bond acceptors (Lipinski definition) is 3. The molecule has 0 saturated carbocycles. The van der Waals surface area contributed by atoms with Crippen LogP contribution in [0.3, 0.4) is 0 Å². The van der Waals surface area contributed by atoms with Crippen molar-refractivity contribution in [1.29, 1.82) is 5.26 Å². The molecule has 0 aliphatic carbocycles. The van der Waals surface area contributed by atoms with Crippen LogP contribution in [0, 0.1) is 11.3 Å². The number of carbonyl (C=O) groups excluding carboxylic acids is 1. The Morgan fingerprint density at radius 2 is 1.87 bits per heavy atom. The highest BCUT2D eigenvalue weighted by Crippen LogP contribution is 2.05. The summed E-state index contributed by atoms with van der Waals surface area (Å²) >= 11 is 0. The summed E-state index contributed by atoms with van der Waals surface area (Å²) in [5.41, 5.74) is 0. The summed E-state index contributed by atoms with van der Waals surface area (Å²) in [7, 11) is 0. The molecule has 4 heteroatoms. The molecule has 0 aliphatic heterocycles. The second-order valence-electron chi connectivity index (χ2n) is 4.26. The Morgan fingerprint density at radius 1 is 1.33 bits per heavy atom. The number of rotatable bonds is 5. The molecular formula is C11H21N3O. The van der Waals surface area contributed by atoms with Crippen molar-refractivity contribution >= 4 is 5.91 Å². The van der Waals surface area contributed by atoms with Crippen molar-refractivity contribution in [2.45, 2.75) is 52.7 Å². The predicted octanol–water partition coefficient (Wildman–Crippen LogP) is 1.13. The van der Waals surface area contributed by atoms with E-state index in [1.165, 1.54) is 0 Å². The zero-order chi connectivity index (χ0) is 12.0. The second kappa shape index (κ2) is 6.41. The molecule has 1 atom stereocenters. The smallest absolute Gasteiger partial charge is 0.237 e. The topological polar surface area (TPSA) is 56.1 Å². The van der Waals surface area contributed by atoms with Crippen LogP contribution < -0.4 is 5.32 Å². The van der Waals surface area contributed by atoms with Crippen LogP contribution in [0.5, 0.6) is 0 Å². The third kappa shape index (κ3) is 4.80. The van der Waals surface area contributed by atoms with Gasteiger partial charge in [-0.05, 0) is 34.6 Å². The van der Waals surface area contributed by atoms with Crippen molar-refractivity contribution in [3.63, 3.8) is 0 Å². The van der Waals surface area contributed by atoms with E-state index in [0.717, 1.165) is 0 Å². The van der Waals surface area contributed by atoms with Gasteiger partial charge in [0.15, 0.2) is 0 Å². The van der Waals surface area contributed by atoms with E-state index in [-0.39, 0.29) is 30.6 Å². The van der Waals surface area contributed by atoms with Gasteiger partial charge >= 0.3 is 0 Å². The summed E-state index contributed by atoms with van der Waals surface area (Å²) in [6, 6.07) is 2.15. The minimum Gasteiger partial charge on any atom is -0.353 e. The molecule has 1 N–H and O–H groups in total. The second-order valence-corrected chi connectivity index (χ2v) is 4.26. The SMILES string of the molecule is CC(C)NC(=O)C(C)N(CC#N)C(C)C. The Morgan fingerprint density at radius 3 is 2.20 bits per heavy atom. The van der Waals surface area contributed by atoms with Gasteiger partial charge in [0.2, 0.25) is 5.91 Å². The fraction of sp³-hybridized carbons (Fsp3) is 0.818. The lowest BCUT2D eigenvalue weighted by Crippen LogP contribution is -2.49. The standard InChI is InChI=1S/C11H21N3O/c1-8(2)13-11(15)10(5)14(7-6-12)9(3)4/h8-10H,7H2,1-5H3,(H,13,15). The fourth-order valence-corrected chi connectivity index (χ4v) is 1.40. The van der Waals surface area contributed by atoms with Crippen molar-refractivity contribution in [3.05, 3.63) is 0 Å². The van der Waals surface area contributed by atoms with Crippen LogP contribution in [0.1, 0.15) is 34.6 Å². The molecule has 1 unspecified atom stereocenters. The number of nitrogens with zero attached hydrogens (tertiary/aromatic N) is 2. The third-order valence-corrected chi connectivity index (χ3v) is 2.22. The zero-order valence-electron chi connectivity index (χ0n) is 10.2. The van der Waals surface area contributed by atoms with Crippen LogP contribution in [0.25, 0.3) is 0 Å². The molecule has 0 heterocycles. The first-order valence-corrected chi connectivity index (χ1v) is 5.33. The van der Waals surface area contributed by atoms with Crippen LogP contribution in [0.2, 0.25) is 0 Å². The molecular weight excluding hydrogens is 190 g/mol. The molecule has 0 aromatic heterocycles. The highest BCUT2D eigenvalue weighted by atomic mass is 16.2. The molecule has 4 nitrogen and oxygen atoms in total. The Hall–Kier alpha value is -1.08. The molecule has 0 rings (SSSR count). The Kier molecular flexibility index (Phi) is 5.95. The number of amides is 1. The van der Waals surface area contributed by atoms with Gasteiger partial charge in [0.05, 0.1) is 18.7 Å². The van der Waals surface area contributed by atoms with E-state index in [4.69, 9.17) is 5.26 Å². The van der Waals surface area contributed by atoms with E-state index in [0.29, 0.717) is 0 Å². The Labute approximate surface area is 92.3 Å². The van der Waals surface area contributed by atoms with Crippen molar-refractivity contribution < 1.29 is 4.79 Å². The van der Waals surface area contributed by atoms with Crippen LogP contribution in [-0.4, -0.2) is 35.5 Å². The first kappa shape index (κ1) is 13.9. The third-order valence-electron chi connectivity index (χ3n) is 2.22. The van der Waals surface area contributed by atoms with Crippen LogP contribution in [0.4, 0.5) is 0 Å². The molecule has 86 valence electrons. The molecule has 1 amide bonds. The average Bonchev–Trinajstić information content (AvgIpc) is 2.11. The van der Waals surface area contributed by atoms with Gasteiger partial charge in [-0.25, -0.2) is 0 Å². The van der Waals surface area contributed by atoms with E-state index >= 15 is 0 Å². The summed E-state index contributed by atoms with van der Waals surface area (Å²) in [5, 5.41) is 11.5. The van der Waals surface area contributed by atoms with Crippen molar-refractivity contribution in [3.8, 4) is 6.07 Å². The average molecular weight is 211 g/mol. The lowest BCUT2D eigenvalue weighted by Gasteiger charge is -2.29. The van der Waals surface area contributed by atoms with Gasteiger partial charge in [-0.3, -0.25) is 9.69 Å². The first-order chi connectivity index (χ1) is 6.90. The molecule has 0 bridgehead atoms. The predicted molar refractivity (Wildman–Crippen MR) is 60.2 cm³/mol. The number of nitriles is 1. The van der Waals surface area contributed by atoms with E-state index in [1.807, 2.05) is 39.5 Å². The number of carbonyl (C=O) groups is 1. The Bertz CT molecular complexity index is 243. The van der Waals surface area contributed by atoms with E-state index in [9.17, 15) is 4.79 Å². The summed E-state index contributed by atoms with van der Waals surface area (Å²) in [6.07, 6.45) is 0. The van der Waals surface area contributed by atoms with E-state index < -0.39 is 0 Å². The molecule has 0 fully saturated rings. The molecule has 0 saturated heterocycles. The van der Waals surface area contributed by atoms with E-state index in [1.54, 1.807) is 0 Å². The summed E-state index contributed by atoms with van der Waals surface area (Å²) in [4.78, 5) is 13.6. The summed E-state index contributed by atoms with van der Waals surface area (Å²) < 4.78 is 0. The van der Waals surface area contributed by atoms with Gasteiger partial charge in [-0.2, -0.15) is 5.26 Å². The minimum absolute atomic E-state index is 0.0195. The molecule has 0 aliphatic rings. The zero-order valence-corrected chi connectivity index (χ0v) is 10.2. The molecule has 0 aromatic carbocycles. The lowest BCUT2D eigenvalue weighted by atomic mass is 10.2. The normalized spacial score (nSPS) is 13.0. The molecule has 0 radical (unpaired) electrons. The summed E-state index contributed by atoms with van der Waals surface area (Å²) in [6.45, 7) is 9.93. The number of nitrogens with one attached hydrogen (secondary N) is 1. The van der Waals surface area contributed by atoms with Crippen molar-refractivity contribution in [1.82, 2.24) is 10.2 Å². The monoisotopic (exact) mass is 211 g/mol. The molecule has 0 spiro atoms. The Balaban J connectivity index is 4.43. The minimum atomic E-state index is -0.257. The molecule has 15 heavy (non-hydrogen) atoms. The maximum atomic E-state index is 11.7. The fourth-order valence-electron chi connectivity index (χ4n) is 1.40. The quantitative estimate of drug-likeness (QED) is 0.694. The molecule has 0 aromatic rings. The highest BCUT2D eigenvalue weighted by molar-refractivity contribution is 5.81. The maximum absolute atomic E-state index is 11.7. The first-order valence-electron chi connectivity index (χ1n) is 5.33. The maximum Gasteiger partial charge on any atom is 0.237 e. The van der Waals surface area contributed by atoms with Gasteiger partial charge in [0.1, 0.15) is 0 Å². The summed E-state index contributed by atoms with van der Waals surface area (Å²) in [5.74, 6) is -0.0195. The van der Waals surface area contributed by atoms with Gasteiger partial charge in [-0.1, -0.05) is 0 Å². The van der Waals surface area contributed by atoms with Gasteiger partial charge in [0.25, 0.3) is 0 Å². The largest absolute Gasteiger partial charge is 0.353 e. The number of hydrogen-bond donors (Lipinski definition) is 1. The van der Waals surface area contributed by atoms with Gasteiger partial charge in [-0.15, -0.1) is 0 Å².